The molecule has 0 saturated heterocycles. The van der Waals surface area contributed by atoms with Gasteiger partial charge in [0.2, 0.25) is 10.0 Å². The molecule has 0 heterocycles. The van der Waals surface area contributed by atoms with Crippen molar-refractivity contribution in [2.75, 3.05) is 4.72 Å². The third kappa shape index (κ3) is 4.18. The quantitative estimate of drug-likeness (QED) is 0.495. The van der Waals surface area contributed by atoms with E-state index in [1.54, 1.807) is 24.3 Å². The van der Waals surface area contributed by atoms with Crippen molar-refractivity contribution in [2.45, 2.75) is 9.79 Å². The van der Waals surface area contributed by atoms with E-state index in [1.165, 1.54) is 36.2 Å². The molecule has 0 atom stereocenters. The highest BCUT2D eigenvalue weighted by Crippen LogP contribution is 2.24. The number of non-ortho nitro benzene ring substituents is 1. The first-order valence-corrected chi connectivity index (χ1v) is 8.03. The van der Waals surface area contributed by atoms with Gasteiger partial charge in [0.25, 0.3) is 5.69 Å². The highest BCUT2D eigenvalue weighted by Gasteiger charge is 2.07. The zero-order chi connectivity index (χ0) is 15.5. The summed E-state index contributed by atoms with van der Waals surface area (Å²) in [6, 6.07) is 12.0. The molecule has 0 amide bonds. The number of nitro groups is 1. The van der Waals surface area contributed by atoms with Gasteiger partial charge in [-0.25, -0.2) is 13.6 Å². The van der Waals surface area contributed by atoms with Gasteiger partial charge in [0.05, 0.1) is 9.82 Å². The van der Waals surface area contributed by atoms with Crippen LogP contribution in [0.3, 0.4) is 0 Å². The molecule has 0 radical (unpaired) electrons. The topological polar surface area (TPSA) is 115 Å². The van der Waals surface area contributed by atoms with Crippen molar-refractivity contribution >= 4 is 33.3 Å². The fraction of sp³-hybridized carbons (Fsp3) is 0. The molecule has 2 aromatic rings. The zero-order valence-corrected chi connectivity index (χ0v) is 12.2. The molecule has 0 fully saturated rings. The number of anilines is 1. The lowest BCUT2D eigenvalue weighted by Crippen LogP contribution is -2.11. The Hall–Kier alpha value is -2.10. The Morgan fingerprint density at radius 1 is 1.05 bits per heavy atom. The predicted molar refractivity (Wildman–Crippen MR) is 80.4 cm³/mol. The summed E-state index contributed by atoms with van der Waals surface area (Å²) in [6.07, 6.45) is 0. The number of nitrogens with two attached hydrogens (primary N) is 1. The van der Waals surface area contributed by atoms with Gasteiger partial charge in [-0.15, -0.1) is 0 Å². The fourth-order valence-corrected chi connectivity index (χ4v) is 2.63. The Bertz CT molecular complexity index is 743. The second-order valence-corrected chi connectivity index (χ2v) is 6.47. The number of benzene rings is 2. The molecule has 0 aliphatic heterocycles. The lowest BCUT2D eigenvalue weighted by atomic mass is 10.3. The number of sulfonamides is 1. The summed E-state index contributed by atoms with van der Waals surface area (Å²) in [6.45, 7) is 0. The first-order chi connectivity index (χ1) is 9.86. The van der Waals surface area contributed by atoms with Crippen LogP contribution in [0, 0.1) is 10.1 Å². The maximum absolute atomic E-state index is 11.1. The summed E-state index contributed by atoms with van der Waals surface area (Å²) < 4.78 is 25.2. The van der Waals surface area contributed by atoms with Crippen LogP contribution in [-0.4, -0.2) is 13.3 Å². The van der Waals surface area contributed by atoms with E-state index in [0.29, 0.717) is 5.69 Å². The van der Waals surface area contributed by atoms with Gasteiger partial charge in [0, 0.05) is 22.7 Å². The van der Waals surface area contributed by atoms with E-state index in [0.717, 1.165) is 4.90 Å². The van der Waals surface area contributed by atoms with Gasteiger partial charge < -0.3 is 4.72 Å². The summed E-state index contributed by atoms with van der Waals surface area (Å²) in [4.78, 5) is 10.9. The average molecular weight is 325 g/mol. The summed E-state index contributed by atoms with van der Waals surface area (Å²) in [5.41, 5.74) is 0.711. The van der Waals surface area contributed by atoms with E-state index in [2.05, 4.69) is 4.72 Å². The van der Waals surface area contributed by atoms with Crippen LogP contribution in [-0.2, 0) is 10.0 Å². The fourth-order valence-electron chi connectivity index (χ4n) is 1.47. The van der Waals surface area contributed by atoms with Crippen LogP contribution in [0.15, 0.2) is 58.3 Å². The monoisotopic (exact) mass is 325 g/mol. The molecule has 0 saturated carbocycles. The predicted octanol–water partition coefficient (Wildman–Crippen LogP) is 2.36. The Labute approximate surface area is 125 Å². The molecular weight excluding hydrogens is 314 g/mol. The number of nitro benzene ring substituents is 1. The number of nitrogens with zero attached hydrogens (tertiary/aromatic N) is 1. The van der Waals surface area contributed by atoms with E-state index in [-0.39, 0.29) is 10.6 Å². The van der Waals surface area contributed by atoms with Crippen LogP contribution in [0.25, 0.3) is 0 Å². The van der Waals surface area contributed by atoms with Crippen LogP contribution in [0.5, 0.6) is 0 Å². The van der Waals surface area contributed by atoms with Gasteiger partial charge in [-0.1, -0.05) is 0 Å². The van der Waals surface area contributed by atoms with Crippen molar-refractivity contribution in [1.82, 2.24) is 0 Å². The third-order valence-corrected chi connectivity index (χ3v) is 4.29. The second kappa shape index (κ2) is 6.12. The summed E-state index contributed by atoms with van der Waals surface area (Å²) in [5, 5.41) is 15.5. The molecule has 0 spiro atoms. The van der Waals surface area contributed by atoms with Crippen molar-refractivity contribution in [2.24, 2.45) is 5.14 Å². The molecule has 110 valence electrons. The van der Waals surface area contributed by atoms with Gasteiger partial charge in [-0.2, -0.15) is 0 Å². The van der Waals surface area contributed by atoms with Crippen molar-refractivity contribution in [3.05, 3.63) is 58.6 Å². The van der Waals surface area contributed by atoms with Crippen LogP contribution in [0.2, 0.25) is 0 Å². The summed E-state index contributed by atoms with van der Waals surface area (Å²) in [5.74, 6) is 0. The summed E-state index contributed by atoms with van der Waals surface area (Å²) in [7, 11) is -3.70. The first kappa shape index (κ1) is 15.3. The number of hydrogen-bond acceptors (Lipinski definition) is 6. The Kier molecular flexibility index (Phi) is 4.46. The largest absolute Gasteiger partial charge is 0.326 e. The zero-order valence-electron chi connectivity index (χ0n) is 10.6. The van der Waals surface area contributed by atoms with Crippen molar-refractivity contribution in [1.29, 1.82) is 0 Å². The highest BCUT2D eigenvalue weighted by molar-refractivity contribution is 8.00. The van der Waals surface area contributed by atoms with Crippen LogP contribution < -0.4 is 9.86 Å². The van der Waals surface area contributed by atoms with E-state index >= 15 is 0 Å². The molecular formula is C12H11N3O4S2. The summed E-state index contributed by atoms with van der Waals surface area (Å²) >= 11 is 1.25. The van der Waals surface area contributed by atoms with E-state index in [4.69, 9.17) is 5.14 Å². The Balaban J connectivity index is 2.01. The molecule has 2 aromatic carbocycles. The van der Waals surface area contributed by atoms with Crippen LogP contribution in [0.4, 0.5) is 11.4 Å². The number of hydrogen-bond donors (Lipinski definition) is 2. The molecule has 0 aromatic heterocycles. The highest BCUT2D eigenvalue weighted by atomic mass is 32.2. The number of primary sulfonamides is 1. The van der Waals surface area contributed by atoms with E-state index in [1.807, 2.05) is 0 Å². The maximum atomic E-state index is 11.1. The minimum atomic E-state index is -3.70. The molecule has 3 N–H and O–H groups in total. The van der Waals surface area contributed by atoms with Crippen LogP contribution in [0.1, 0.15) is 0 Å². The molecule has 7 nitrogen and oxygen atoms in total. The van der Waals surface area contributed by atoms with Gasteiger partial charge in [-0.05, 0) is 48.3 Å². The van der Waals surface area contributed by atoms with E-state index < -0.39 is 14.9 Å². The average Bonchev–Trinajstić information content (AvgIpc) is 2.45. The molecule has 0 aliphatic rings. The molecule has 0 bridgehead atoms. The van der Waals surface area contributed by atoms with E-state index in [9.17, 15) is 18.5 Å². The minimum absolute atomic E-state index is 0.0249. The third-order valence-electron chi connectivity index (χ3n) is 2.52. The first-order valence-electron chi connectivity index (χ1n) is 5.66. The van der Waals surface area contributed by atoms with Crippen molar-refractivity contribution < 1.29 is 13.3 Å². The lowest BCUT2D eigenvalue weighted by molar-refractivity contribution is -0.384. The van der Waals surface area contributed by atoms with Crippen LogP contribution >= 0.6 is 11.9 Å². The maximum Gasteiger partial charge on any atom is 0.269 e. The SMILES string of the molecule is NS(=O)(=O)c1ccc(NSc2ccc([N+](=O)[O-])cc2)cc1. The Morgan fingerprint density at radius 2 is 1.62 bits per heavy atom. The van der Waals surface area contributed by atoms with Gasteiger partial charge in [0.15, 0.2) is 0 Å². The van der Waals surface area contributed by atoms with Gasteiger partial charge in [0.1, 0.15) is 0 Å². The normalized spacial score (nSPS) is 11.1. The Morgan fingerprint density at radius 3 is 2.10 bits per heavy atom. The van der Waals surface area contributed by atoms with Gasteiger partial charge in [-0.3, -0.25) is 10.1 Å². The molecule has 9 heteroatoms. The van der Waals surface area contributed by atoms with Crippen molar-refractivity contribution in [3.8, 4) is 0 Å². The molecule has 0 unspecified atom stereocenters. The van der Waals surface area contributed by atoms with Crippen molar-refractivity contribution in [3.63, 3.8) is 0 Å². The number of nitrogens with one attached hydrogen (secondary N) is 1. The smallest absolute Gasteiger partial charge is 0.269 e. The molecule has 21 heavy (non-hydrogen) atoms. The second-order valence-electron chi connectivity index (χ2n) is 4.02. The molecule has 2 rings (SSSR count). The minimum Gasteiger partial charge on any atom is -0.326 e. The number of rotatable bonds is 5. The lowest BCUT2D eigenvalue weighted by Gasteiger charge is -2.06. The standard InChI is InChI=1S/C12H11N3O4S2/c13-21(18,19)12-7-1-9(2-8-12)14-20-11-5-3-10(4-6-11)15(16)17/h1-8,14H,(H2,13,18,19). The van der Waals surface area contributed by atoms with Gasteiger partial charge >= 0.3 is 0 Å². The molecule has 0 aliphatic carbocycles.